The third-order valence-corrected chi connectivity index (χ3v) is 5.16. The molecule has 0 atom stereocenters. The lowest BCUT2D eigenvalue weighted by atomic mass is 9.81. The maximum Gasteiger partial charge on any atom is 0.329 e. The number of nitrogens with one attached hydrogen (secondary N) is 2. The van der Waals surface area contributed by atoms with Crippen molar-refractivity contribution in [2.45, 2.75) is 37.6 Å². The summed E-state index contributed by atoms with van der Waals surface area (Å²) in [6, 6.07) is 7.56. The summed E-state index contributed by atoms with van der Waals surface area (Å²) < 4.78 is 0.664. The first kappa shape index (κ1) is 15.1. The fourth-order valence-electron chi connectivity index (χ4n) is 3.09. The molecule has 116 valence electrons. The second-order valence-corrected chi connectivity index (χ2v) is 6.55. The number of H-pyrrole nitrogens is 1. The van der Waals surface area contributed by atoms with Gasteiger partial charge in [-0.25, -0.2) is 4.79 Å². The molecule has 1 aromatic carbocycles. The first-order valence-corrected chi connectivity index (χ1v) is 8.15. The van der Waals surface area contributed by atoms with Crippen molar-refractivity contribution in [3.63, 3.8) is 0 Å². The van der Waals surface area contributed by atoms with Crippen LogP contribution in [-0.2, 0) is 4.79 Å². The predicted molar refractivity (Wildman–Crippen MR) is 86.9 cm³/mol. The summed E-state index contributed by atoms with van der Waals surface area (Å²) in [6.07, 6.45) is 3.61. The van der Waals surface area contributed by atoms with E-state index in [-0.39, 0.29) is 5.91 Å². The number of carboxylic acids is 1. The fraction of sp³-hybridized carbons (Fsp3) is 0.375. The molecular formula is C16H17BrN2O3. The number of aromatic nitrogens is 1. The highest BCUT2D eigenvalue weighted by atomic mass is 79.9. The van der Waals surface area contributed by atoms with Gasteiger partial charge in [-0.3, -0.25) is 4.79 Å². The van der Waals surface area contributed by atoms with Crippen LogP contribution in [-0.4, -0.2) is 27.5 Å². The van der Waals surface area contributed by atoms with Crippen LogP contribution in [0.5, 0.6) is 0 Å². The average Bonchev–Trinajstić information content (AvgIpc) is 2.86. The molecule has 1 heterocycles. The Balaban J connectivity index is 1.92. The number of aliphatic carboxylic acids is 1. The van der Waals surface area contributed by atoms with Gasteiger partial charge < -0.3 is 15.4 Å². The molecule has 22 heavy (non-hydrogen) atoms. The van der Waals surface area contributed by atoms with Gasteiger partial charge >= 0.3 is 5.97 Å². The third kappa shape index (κ3) is 2.52. The molecule has 0 unspecified atom stereocenters. The van der Waals surface area contributed by atoms with Gasteiger partial charge in [0.1, 0.15) is 11.2 Å². The molecule has 0 aliphatic heterocycles. The maximum atomic E-state index is 12.6. The molecule has 6 heteroatoms. The molecule has 5 nitrogen and oxygen atoms in total. The molecule has 0 spiro atoms. The van der Waals surface area contributed by atoms with Crippen LogP contribution in [0.15, 0.2) is 28.7 Å². The van der Waals surface area contributed by atoms with E-state index in [1.54, 1.807) is 0 Å². The number of para-hydroxylation sites is 1. The SMILES string of the molecule is O=C(NC1(C(=O)O)CCCCC1)c1[nH]c2ccccc2c1Br. The number of aromatic amines is 1. The van der Waals surface area contributed by atoms with Crippen molar-refractivity contribution < 1.29 is 14.7 Å². The van der Waals surface area contributed by atoms with Crippen molar-refractivity contribution in [1.82, 2.24) is 10.3 Å². The van der Waals surface area contributed by atoms with Crippen LogP contribution in [0.3, 0.4) is 0 Å². The minimum atomic E-state index is -1.15. The van der Waals surface area contributed by atoms with E-state index in [2.05, 4.69) is 26.2 Å². The molecule has 1 amide bonds. The van der Waals surface area contributed by atoms with Gasteiger partial charge in [-0.1, -0.05) is 37.5 Å². The molecule has 1 aliphatic rings. The highest BCUT2D eigenvalue weighted by molar-refractivity contribution is 9.10. The van der Waals surface area contributed by atoms with E-state index in [4.69, 9.17) is 0 Å². The summed E-state index contributed by atoms with van der Waals surface area (Å²) >= 11 is 3.43. The molecule has 1 aliphatic carbocycles. The number of hydrogen-bond acceptors (Lipinski definition) is 2. The lowest BCUT2D eigenvalue weighted by molar-refractivity contribution is -0.145. The Hall–Kier alpha value is -1.82. The molecule has 0 radical (unpaired) electrons. The Labute approximate surface area is 136 Å². The average molecular weight is 365 g/mol. The number of benzene rings is 1. The predicted octanol–water partition coefficient (Wildman–Crippen LogP) is 3.45. The largest absolute Gasteiger partial charge is 0.480 e. The van der Waals surface area contributed by atoms with E-state index in [1.807, 2.05) is 24.3 Å². The van der Waals surface area contributed by atoms with Gasteiger partial charge in [0.2, 0.25) is 0 Å². The highest BCUT2D eigenvalue weighted by Crippen LogP contribution is 2.31. The Kier molecular flexibility index (Phi) is 3.95. The normalized spacial score (nSPS) is 17.3. The van der Waals surface area contributed by atoms with Crippen LogP contribution in [0.25, 0.3) is 10.9 Å². The van der Waals surface area contributed by atoms with Gasteiger partial charge in [-0.2, -0.15) is 0 Å². The maximum absolute atomic E-state index is 12.6. The summed E-state index contributed by atoms with van der Waals surface area (Å²) in [5, 5.41) is 13.2. The highest BCUT2D eigenvalue weighted by Gasteiger charge is 2.41. The van der Waals surface area contributed by atoms with Gasteiger partial charge in [0.05, 0.1) is 4.47 Å². The van der Waals surface area contributed by atoms with Gasteiger partial charge in [0.25, 0.3) is 5.91 Å². The van der Waals surface area contributed by atoms with Crippen molar-refractivity contribution in [2.24, 2.45) is 0 Å². The molecular weight excluding hydrogens is 348 g/mol. The summed E-state index contributed by atoms with van der Waals surface area (Å²) in [7, 11) is 0. The third-order valence-electron chi connectivity index (χ3n) is 4.34. The zero-order valence-electron chi connectivity index (χ0n) is 12.0. The number of rotatable bonds is 3. The standard InChI is InChI=1S/C16H17BrN2O3/c17-12-10-6-2-3-7-11(10)18-13(12)14(20)19-16(15(21)22)8-4-1-5-9-16/h2-3,6-7,18H,1,4-5,8-9H2,(H,19,20)(H,21,22). The van der Waals surface area contributed by atoms with Crippen LogP contribution in [0.4, 0.5) is 0 Å². The first-order chi connectivity index (χ1) is 10.5. The first-order valence-electron chi connectivity index (χ1n) is 7.36. The Bertz CT molecular complexity index is 732. The topological polar surface area (TPSA) is 82.2 Å². The molecule has 3 rings (SSSR count). The van der Waals surface area contributed by atoms with Gasteiger partial charge in [0.15, 0.2) is 0 Å². The second-order valence-electron chi connectivity index (χ2n) is 5.76. The van der Waals surface area contributed by atoms with Gasteiger partial charge in [-0.15, -0.1) is 0 Å². The molecule has 1 aromatic heterocycles. The molecule has 1 saturated carbocycles. The van der Waals surface area contributed by atoms with E-state index in [0.717, 1.165) is 30.2 Å². The van der Waals surface area contributed by atoms with Crippen LogP contribution in [0.2, 0.25) is 0 Å². The quantitative estimate of drug-likeness (QED) is 0.779. The summed E-state index contributed by atoms with van der Waals surface area (Å²) in [6.45, 7) is 0. The summed E-state index contributed by atoms with van der Waals surface area (Å²) in [5.41, 5.74) is 0.0615. The molecule has 3 N–H and O–H groups in total. The van der Waals surface area contributed by atoms with Gasteiger partial charge in [0, 0.05) is 10.9 Å². The smallest absolute Gasteiger partial charge is 0.329 e. The van der Waals surface area contributed by atoms with Crippen molar-refractivity contribution in [1.29, 1.82) is 0 Å². The molecule has 1 fully saturated rings. The van der Waals surface area contributed by atoms with Crippen molar-refractivity contribution in [3.05, 3.63) is 34.4 Å². The molecule has 2 aromatic rings. The van der Waals surface area contributed by atoms with Crippen LogP contribution >= 0.6 is 15.9 Å². The zero-order valence-corrected chi connectivity index (χ0v) is 13.6. The van der Waals surface area contributed by atoms with Crippen LogP contribution < -0.4 is 5.32 Å². The molecule has 0 saturated heterocycles. The zero-order chi connectivity index (χ0) is 15.7. The lowest BCUT2D eigenvalue weighted by Gasteiger charge is -2.33. The summed E-state index contributed by atoms with van der Waals surface area (Å²) in [5.74, 6) is -1.33. The second kappa shape index (κ2) is 5.76. The minimum absolute atomic E-state index is 0.368. The number of carbonyl (C=O) groups excluding carboxylic acids is 1. The number of carbonyl (C=O) groups is 2. The Morgan fingerprint density at radius 1 is 1.18 bits per heavy atom. The number of fused-ring (bicyclic) bond motifs is 1. The number of carboxylic acid groups (broad SMARTS) is 1. The monoisotopic (exact) mass is 364 g/mol. The van der Waals surface area contributed by atoms with Crippen molar-refractivity contribution >= 4 is 38.7 Å². The number of hydrogen-bond donors (Lipinski definition) is 3. The molecule has 0 bridgehead atoms. The number of amides is 1. The van der Waals surface area contributed by atoms with E-state index >= 15 is 0 Å². The lowest BCUT2D eigenvalue weighted by Crippen LogP contribution is -2.55. The van der Waals surface area contributed by atoms with E-state index in [0.29, 0.717) is 23.0 Å². The Morgan fingerprint density at radius 2 is 1.86 bits per heavy atom. The Morgan fingerprint density at radius 3 is 2.50 bits per heavy atom. The minimum Gasteiger partial charge on any atom is -0.480 e. The van der Waals surface area contributed by atoms with Crippen LogP contribution in [0.1, 0.15) is 42.6 Å². The van der Waals surface area contributed by atoms with Crippen molar-refractivity contribution in [3.8, 4) is 0 Å². The van der Waals surface area contributed by atoms with Gasteiger partial charge in [-0.05, 0) is 34.8 Å². The van der Waals surface area contributed by atoms with Crippen molar-refractivity contribution in [2.75, 3.05) is 0 Å². The van der Waals surface area contributed by atoms with E-state index < -0.39 is 11.5 Å². The van der Waals surface area contributed by atoms with E-state index in [9.17, 15) is 14.7 Å². The van der Waals surface area contributed by atoms with Crippen LogP contribution in [0, 0.1) is 0 Å². The number of halogens is 1. The summed E-state index contributed by atoms with van der Waals surface area (Å²) in [4.78, 5) is 27.3. The fourth-order valence-corrected chi connectivity index (χ4v) is 3.72. The van der Waals surface area contributed by atoms with E-state index in [1.165, 1.54) is 0 Å².